The summed E-state index contributed by atoms with van der Waals surface area (Å²) < 4.78 is 0. The molecule has 0 aliphatic heterocycles. The van der Waals surface area contributed by atoms with Crippen LogP contribution >= 0.6 is 0 Å². The van der Waals surface area contributed by atoms with E-state index >= 15 is 0 Å². The highest BCUT2D eigenvalue weighted by atomic mass is 16.5. The molecule has 0 aromatic heterocycles. The Morgan fingerprint density at radius 2 is 0.571 bits per heavy atom. The first kappa shape index (κ1) is 27.9. The van der Waals surface area contributed by atoms with Gasteiger partial charge in [-0.15, -0.1) is 0 Å². The van der Waals surface area contributed by atoms with Crippen LogP contribution < -0.4 is 0 Å². The van der Waals surface area contributed by atoms with Crippen LogP contribution in [0.4, 0.5) is 0 Å². The summed E-state index contributed by atoms with van der Waals surface area (Å²) in [6.45, 7) is 4.52. The molecule has 0 spiro atoms. The van der Waals surface area contributed by atoms with Gasteiger partial charge in [0.25, 0.3) is 0 Å². The second-order valence-electron chi connectivity index (χ2n) is 9.20. The Balaban J connectivity index is 3.27. The maximum Gasteiger partial charge on any atom is 0.162 e. The lowest BCUT2D eigenvalue weighted by molar-refractivity contribution is -0.172. The summed E-state index contributed by atoms with van der Waals surface area (Å²) in [5, 5.41) is 20.2. The molecule has 0 aliphatic carbocycles. The van der Waals surface area contributed by atoms with Gasteiger partial charge in [0.15, 0.2) is 5.79 Å². The molecular weight excluding hydrogens is 344 g/mol. The van der Waals surface area contributed by atoms with Crippen LogP contribution in [0.25, 0.3) is 0 Å². The molecule has 0 atom stereocenters. The molecule has 0 saturated carbocycles. The van der Waals surface area contributed by atoms with Gasteiger partial charge >= 0.3 is 0 Å². The highest BCUT2D eigenvalue weighted by Crippen LogP contribution is 2.21. The van der Waals surface area contributed by atoms with Crippen LogP contribution in [0.5, 0.6) is 0 Å². The van der Waals surface area contributed by atoms with E-state index in [9.17, 15) is 10.2 Å². The molecule has 2 nitrogen and oxygen atoms in total. The molecule has 170 valence electrons. The zero-order valence-corrected chi connectivity index (χ0v) is 19.7. The molecule has 0 rings (SSSR count). The Kier molecular flexibility index (Phi) is 21.6. The predicted octanol–water partition coefficient (Wildman–Crippen LogP) is 8.68. The summed E-state index contributed by atoms with van der Waals surface area (Å²) >= 11 is 0. The van der Waals surface area contributed by atoms with Crippen LogP contribution in [0.15, 0.2) is 0 Å². The van der Waals surface area contributed by atoms with Gasteiger partial charge in [0.1, 0.15) is 0 Å². The van der Waals surface area contributed by atoms with Crippen molar-refractivity contribution in [3.8, 4) is 0 Å². The van der Waals surface area contributed by atoms with E-state index in [-0.39, 0.29) is 0 Å². The Bertz CT molecular complexity index is 288. The van der Waals surface area contributed by atoms with Crippen LogP contribution in [0.2, 0.25) is 0 Å². The molecule has 2 N–H and O–H groups in total. The largest absolute Gasteiger partial charge is 0.366 e. The van der Waals surface area contributed by atoms with Gasteiger partial charge in [0, 0.05) is 12.8 Å². The van der Waals surface area contributed by atoms with E-state index in [0.717, 1.165) is 25.7 Å². The molecule has 0 amide bonds. The summed E-state index contributed by atoms with van der Waals surface area (Å²) in [5.41, 5.74) is 0. The summed E-state index contributed by atoms with van der Waals surface area (Å²) in [7, 11) is 0. The van der Waals surface area contributed by atoms with E-state index in [1.54, 1.807) is 0 Å². The fourth-order valence-corrected chi connectivity index (χ4v) is 4.09. The first-order valence-electron chi connectivity index (χ1n) is 13.1. The number of hydrogen-bond donors (Lipinski definition) is 2. The molecule has 0 aromatic rings. The van der Waals surface area contributed by atoms with E-state index in [1.807, 2.05) is 0 Å². The molecule has 0 bridgehead atoms. The van der Waals surface area contributed by atoms with Crippen molar-refractivity contribution in [1.82, 2.24) is 0 Å². The molecule has 0 aliphatic rings. The second-order valence-corrected chi connectivity index (χ2v) is 9.20. The van der Waals surface area contributed by atoms with Crippen LogP contribution in [0.1, 0.15) is 162 Å². The van der Waals surface area contributed by atoms with E-state index in [0.29, 0.717) is 12.8 Å². The van der Waals surface area contributed by atoms with Crippen LogP contribution in [-0.4, -0.2) is 16.0 Å². The fraction of sp³-hybridized carbons (Fsp3) is 1.00. The number of rotatable bonds is 23. The van der Waals surface area contributed by atoms with Crippen molar-refractivity contribution < 1.29 is 10.2 Å². The van der Waals surface area contributed by atoms with Gasteiger partial charge in [0.05, 0.1) is 0 Å². The number of unbranched alkanes of at least 4 members (excludes halogenated alkanes) is 19. The van der Waals surface area contributed by atoms with Crippen molar-refractivity contribution in [1.29, 1.82) is 0 Å². The van der Waals surface area contributed by atoms with Crippen LogP contribution in [0.3, 0.4) is 0 Å². The average molecular weight is 399 g/mol. The molecule has 2 heteroatoms. The van der Waals surface area contributed by atoms with Crippen molar-refractivity contribution in [3.63, 3.8) is 0 Å². The van der Waals surface area contributed by atoms with Crippen molar-refractivity contribution in [2.75, 3.05) is 0 Å². The Labute approximate surface area is 177 Å². The lowest BCUT2D eigenvalue weighted by Gasteiger charge is -2.21. The summed E-state index contributed by atoms with van der Waals surface area (Å²) in [4.78, 5) is 0. The average Bonchev–Trinajstić information content (AvgIpc) is 2.67. The monoisotopic (exact) mass is 398 g/mol. The van der Waals surface area contributed by atoms with Gasteiger partial charge in [-0.1, -0.05) is 136 Å². The van der Waals surface area contributed by atoms with E-state index in [4.69, 9.17) is 0 Å². The van der Waals surface area contributed by atoms with Crippen molar-refractivity contribution in [2.24, 2.45) is 0 Å². The molecule has 0 radical (unpaired) electrons. The normalized spacial score (nSPS) is 12.0. The molecule has 0 fully saturated rings. The first-order chi connectivity index (χ1) is 13.6. The molecule has 0 unspecified atom stereocenters. The molecule has 0 aromatic carbocycles. The lowest BCUT2D eigenvalue weighted by Crippen LogP contribution is -2.27. The summed E-state index contributed by atoms with van der Waals surface area (Å²) in [6, 6.07) is 0. The smallest absolute Gasteiger partial charge is 0.162 e. The Morgan fingerprint density at radius 3 is 0.821 bits per heavy atom. The maximum atomic E-state index is 10.1. The fourth-order valence-electron chi connectivity index (χ4n) is 4.09. The molecule has 0 saturated heterocycles. The lowest BCUT2D eigenvalue weighted by atomic mass is 9.99. The molecule has 0 heterocycles. The zero-order chi connectivity index (χ0) is 20.8. The van der Waals surface area contributed by atoms with Crippen molar-refractivity contribution in [2.45, 2.75) is 167 Å². The van der Waals surface area contributed by atoms with Crippen molar-refractivity contribution >= 4 is 0 Å². The van der Waals surface area contributed by atoms with Gasteiger partial charge in [-0.05, 0) is 12.8 Å². The van der Waals surface area contributed by atoms with Gasteiger partial charge < -0.3 is 10.2 Å². The van der Waals surface area contributed by atoms with Gasteiger partial charge in [0.2, 0.25) is 0 Å². The third-order valence-corrected chi connectivity index (χ3v) is 6.11. The third-order valence-electron chi connectivity index (χ3n) is 6.11. The van der Waals surface area contributed by atoms with Gasteiger partial charge in [-0.25, -0.2) is 0 Å². The highest BCUT2D eigenvalue weighted by molar-refractivity contribution is 4.65. The molecular formula is C26H54O2. The zero-order valence-electron chi connectivity index (χ0n) is 19.7. The second kappa shape index (κ2) is 21.6. The minimum Gasteiger partial charge on any atom is -0.366 e. The number of aliphatic hydroxyl groups is 2. The molecule has 28 heavy (non-hydrogen) atoms. The minimum absolute atomic E-state index is 0.555. The quantitative estimate of drug-likeness (QED) is 0.133. The topological polar surface area (TPSA) is 40.5 Å². The van der Waals surface area contributed by atoms with Gasteiger partial charge in [-0.2, -0.15) is 0 Å². The van der Waals surface area contributed by atoms with Crippen LogP contribution in [-0.2, 0) is 0 Å². The minimum atomic E-state index is -1.42. The standard InChI is InChI=1S/C26H54O2/c1-3-5-7-9-11-12-13-14-15-16-17-19-21-23-25-26(27,28)24-22-20-18-10-8-6-4-2/h27-28H,3-25H2,1-2H3. The Hall–Kier alpha value is -0.0800. The maximum absolute atomic E-state index is 10.1. The summed E-state index contributed by atoms with van der Waals surface area (Å²) in [5.74, 6) is -1.42. The summed E-state index contributed by atoms with van der Waals surface area (Å²) in [6.07, 6.45) is 28.4. The predicted molar refractivity (Wildman–Crippen MR) is 125 cm³/mol. The van der Waals surface area contributed by atoms with Crippen LogP contribution in [0, 0.1) is 0 Å². The number of hydrogen-bond acceptors (Lipinski definition) is 2. The van der Waals surface area contributed by atoms with E-state index < -0.39 is 5.79 Å². The van der Waals surface area contributed by atoms with E-state index in [1.165, 1.54) is 109 Å². The van der Waals surface area contributed by atoms with Crippen molar-refractivity contribution in [3.05, 3.63) is 0 Å². The SMILES string of the molecule is CCCCCCCCCCCCCCCCC(O)(O)CCCCCCCCC. The first-order valence-corrected chi connectivity index (χ1v) is 13.1. The Morgan fingerprint density at radius 1 is 0.357 bits per heavy atom. The highest BCUT2D eigenvalue weighted by Gasteiger charge is 2.21. The van der Waals surface area contributed by atoms with E-state index in [2.05, 4.69) is 13.8 Å². The third kappa shape index (κ3) is 22.2. The van der Waals surface area contributed by atoms with Gasteiger partial charge in [-0.3, -0.25) is 0 Å².